The number of aromatic nitrogens is 2. The zero-order valence-electron chi connectivity index (χ0n) is 43.2. The molecule has 1 aromatic heterocycles. The van der Waals surface area contributed by atoms with Crippen LogP contribution in [0.5, 0.6) is 11.5 Å². The molecule has 8 N–H and O–H groups in total. The first-order chi connectivity index (χ1) is 36.7. The molecule has 18 nitrogen and oxygen atoms in total. The number of methoxy groups -OCH3 is 2. The van der Waals surface area contributed by atoms with Crippen LogP contribution in [0.3, 0.4) is 0 Å². The number of benzene rings is 4. The van der Waals surface area contributed by atoms with Gasteiger partial charge in [0.25, 0.3) is 17.7 Å². The number of amidine groups is 1. The van der Waals surface area contributed by atoms with Crippen LogP contribution in [0.1, 0.15) is 85.7 Å². The highest BCUT2D eigenvalue weighted by atomic mass is 16.5. The first-order valence-electron chi connectivity index (χ1n) is 25.8. The summed E-state index contributed by atoms with van der Waals surface area (Å²) >= 11 is 0. The van der Waals surface area contributed by atoms with Crippen molar-refractivity contribution in [1.82, 2.24) is 24.9 Å². The number of rotatable bonds is 19. The molecule has 4 fully saturated rings. The fourth-order valence-corrected chi connectivity index (χ4v) is 9.68. The molecule has 4 amide bonds. The van der Waals surface area contributed by atoms with Crippen molar-refractivity contribution in [3.8, 4) is 45.9 Å². The van der Waals surface area contributed by atoms with Crippen molar-refractivity contribution in [2.75, 3.05) is 45.7 Å². The van der Waals surface area contributed by atoms with E-state index >= 15 is 0 Å². The molecule has 9 rings (SSSR count). The third-order valence-electron chi connectivity index (χ3n) is 14.8. The van der Waals surface area contributed by atoms with E-state index in [2.05, 4.69) is 109 Å². The van der Waals surface area contributed by atoms with Crippen molar-refractivity contribution in [2.45, 2.75) is 88.4 Å². The van der Waals surface area contributed by atoms with E-state index in [-0.39, 0.29) is 59.3 Å². The molecule has 18 heteroatoms. The Morgan fingerprint density at radius 1 is 0.711 bits per heavy atom. The lowest BCUT2D eigenvalue weighted by atomic mass is 9.84. The van der Waals surface area contributed by atoms with Crippen LogP contribution in [0.4, 0.5) is 5.82 Å². The van der Waals surface area contributed by atoms with E-state index in [4.69, 9.17) is 26.7 Å². The zero-order valence-corrected chi connectivity index (χ0v) is 43.2. The number of nitrogens with zero attached hydrogens (tertiary/aromatic N) is 7. The molecule has 2 aliphatic heterocycles. The second kappa shape index (κ2) is 24.4. The summed E-state index contributed by atoms with van der Waals surface area (Å²) in [6.07, 6.45) is 9.58. The van der Waals surface area contributed by atoms with Crippen LogP contribution >= 0.6 is 0 Å². The number of aliphatic imine (C=N–C) groups is 1. The van der Waals surface area contributed by atoms with Gasteiger partial charge in [-0.25, -0.2) is 0 Å². The fourth-order valence-electron chi connectivity index (χ4n) is 9.68. The number of likely N-dealkylation sites (tertiary alicyclic amines) is 2. The number of hydrogen-bond acceptors (Lipinski definition) is 12. The average molecular weight is 1030 g/mol. The first kappa shape index (κ1) is 54.0. The molecule has 2 saturated heterocycles. The standard InChI is InChI=1S/C29H32N6O3.C29H34N6O3/c1-38-24-10-8-22(9-11-24)21-4-2-20(3-5-21)18-34-16-13-29(12-15-30,14-17-34)35-19-25(26(31)36)27(33-35)32-28(37)23-6-7-23;1-38-24-4-2-3-23(17-24)21-7-5-20(6-8-21)19-35-15-12-29(11-14-30,13-16-35)33-18-25(27(32)36)26(31)34-28(37)22-9-10-22/h2-5,8-11,19,23H,6-7,12-14,16-18H2,1H3,(H2,31,36)(H,32,33,37);2-8,17-18,22,33H,9-13,15-16,19H2,1H3,(H2,32,36)(H2,31,34,37)/b;25-18+. The molecule has 0 radical (unpaired) electrons. The number of anilines is 1. The van der Waals surface area contributed by atoms with E-state index in [1.807, 2.05) is 30.3 Å². The van der Waals surface area contributed by atoms with Gasteiger partial charge >= 0.3 is 0 Å². The monoisotopic (exact) mass is 1030 g/mol. The quantitative estimate of drug-likeness (QED) is 0.0325. The molecule has 4 aromatic carbocycles. The Balaban J connectivity index is 0.000000201. The third-order valence-corrected chi connectivity index (χ3v) is 14.8. The van der Waals surface area contributed by atoms with Crippen molar-refractivity contribution >= 4 is 35.3 Å². The second-order valence-electron chi connectivity index (χ2n) is 20.2. The number of nitrogens with two attached hydrogens (primary N) is 3. The van der Waals surface area contributed by atoms with Gasteiger partial charge in [-0.05, 0) is 109 Å². The lowest BCUT2D eigenvalue weighted by molar-refractivity contribution is -0.119. The summed E-state index contributed by atoms with van der Waals surface area (Å²) in [5.74, 6) is -0.363. The Morgan fingerprint density at radius 2 is 1.25 bits per heavy atom. The van der Waals surface area contributed by atoms with E-state index in [0.29, 0.717) is 25.7 Å². The Hall–Kier alpha value is -8.32. The van der Waals surface area contributed by atoms with Crippen LogP contribution in [0.25, 0.3) is 22.3 Å². The number of nitrogens with one attached hydrogen (secondary N) is 2. The first-order valence-corrected chi connectivity index (χ1v) is 25.8. The van der Waals surface area contributed by atoms with Gasteiger partial charge in [0.15, 0.2) is 5.82 Å². The summed E-state index contributed by atoms with van der Waals surface area (Å²) in [5, 5.41) is 29.7. The van der Waals surface area contributed by atoms with Crippen molar-refractivity contribution < 1.29 is 28.7 Å². The fraction of sp³-hybridized carbons (Fsp3) is 0.379. The van der Waals surface area contributed by atoms with Crippen LogP contribution in [-0.2, 0) is 33.0 Å². The van der Waals surface area contributed by atoms with Crippen LogP contribution in [-0.4, -0.2) is 95.0 Å². The van der Waals surface area contributed by atoms with Crippen LogP contribution in [0, 0.1) is 34.5 Å². The maximum absolute atomic E-state index is 12.3. The summed E-state index contributed by atoms with van der Waals surface area (Å²) in [5.41, 5.74) is 23.0. The molecule has 76 heavy (non-hydrogen) atoms. The number of ether oxygens (including phenoxy) is 2. The van der Waals surface area contributed by atoms with Crippen molar-refractivity contribution in [3.63, 3.8) is 0 Å². The second-order valence-corrected chi connectivity index (χ2v) is 20.2. The summed E-state index contributed by atoms with van der Waals surface area (Å²) < 4.78 is 12.3. The van der Waals surface area contributed by atoms with Crippen molar-refractivity contribution in [3.05, 3.63) is 132 Å². The molecular formula is C58H66N12O6. The number of carbonyl (C=O) groups excluding carboxylic acids is 4. The van der Waals surface area contributed by atoms with E-state index in [0.717, 1.165) is 98.7 Å². The summed E-state index contributed by atoms with van der Waals surface area (Å²) in [4.78, 5) is 57.0. The van der Waals surface area contributed by atoms with Gasteiger partial charge in [0, 0.05) is 63.5 Å². The Kier molecular flexibility index (Phi) is 17.3. The van der Waals surface area contributed by atoms with Crippen LogP contribution in [0.15, 0.2) is 120 Å². The molecule has 5 aromatic rings. The third kappa shape index (κ3) is 13.7. The number of hydrogen-bond donors (Lipinski definition) is 5. The lowest BCUT2D eigenvalue weighted by Gasteiger charge is -2.41. The average Bonchev–Trinajstić information content (AvgIpc) is 4.39. The normalized spacial score (nSPS) is 17.4. The minimum Gasteiger partial charge on any atom is -0.497 e. The van der Waals surface area contributed by atoms with Crippen LogP contribution in [0.2, 0.25) is 0 Å². The van der Waals surface area contributed by atoms with Gasteiger partial charge in [-0.1, -0.05) is 72.8 Å². The highest BCUT2D eigenvalue weighted by Gasteiger charge is 2.39. The molecule has 4 aliphatic rings. The van der Waals surface area contributed by atoms with Gasteiger partial charge in [0.05, 0.1) is 55.9 Å². The van der Waals surface area contributed by atoms with E-state index in [1.54, 1.807) is 25.1 Å². The maximum Gasteiger partial charge on any atom is 0.254 e. The van der Waals surface area contributed by atoms with Crippen LogP contribution < -0.4 is 37.3 Å². The largest absolute Gasteiger partial charge is 0.497 e. The lowest BCUT2D eigenvalue weighted by Crippen LogP contribution is -2.51. The van der Waals surface area contributed by atoms with Gasteiger partial charge in [0.2, 0.25) is 5.91 Å². The molecule has 0 atom stereocenters. The molecule has 3 heterocycles. The molecule has 2 aliphatic carbocycles. The number of nitriles is 2. The molecular weight excluding hydrogens is 961 g/mol. The van der Waals surface area contributed by atoms with Gasteiger partial charge in [-0.2, -0.15) is 20.6 Å². The smallest absolute Gasteiger partial charge is 0.254 e. The highest BCUT2D eigenvalue weighted by molar-refractivity contribution is 6.21. The van der Waals surface area contributed by atoms with E-state index in [1.165, 1.54) is 17.3 Å². The maximum atomic E-state index is 12.3. The van der Waals surface area contributed by atoms with Gasteiger partial charge in [-0.15, -0.1) is 0 Å². The molecule has 0 unspecified atom stereocenters. The highest BCUT2D eigenvalue weighted by Crippen LogP contribution is 2.37. The number of primary amides is 2. The summed E-state index contributed by atoms with van der Waals surface area (Å²) in [6, 6.07) is 37.6. The van der Waals surface area contributed by atoms with Gasteiger partial charge in [0.1, 0.15) is 22.9 Å². The minimum absolute atomic E-state index is 0.0255. The van der Waals surface area contributed by atoms with Crippen molar-refractivity contribution in [1.29, 1.82) is 10.5 Å². The van der Waals surface area contributed by atoms with Gasteiger partial charge in [-0.3, -0.25) is 33.7 Å². The number of piperidine rings is 2. The molecule has 2 saturated carbocycles. The molecule has 0 bridgehead atoms. The summed E-state index contributed by atoms with van der Waals surface area (Å²) in [6.45, 7) is 4.70. The Bertz CT molecular complexity index is 3020. The SMILES string of the molecule is COc1ccc(-c2ccc(CN3CCC(CC#N)(n4cc(C(N)=O)c(NC(=O)C5CC5)n4)CC3)cc2)cc1.COc1cccc(-c2ccc(CN3CCC(CC#N)(N/C=C(/C(N)=O)C(N)=NC(=O)C4CC4)CC3)cc2)c1. The minimum atomic E-state index is -0.774. The van der Waals surface area contributed by atoms with E-state index < -0.39 is 22.9 Å². The number of amides is 4. The topological polar surface area (TPSA) is 273 Å². The molecule has 394 valence electrons. The summed E-state index contributed by atoms with van der Waals surface area (Å²) in [7, 11) is 3.32. The predicted octanol–water partition coefficient (Wildman–Crippen LogP) is 6.77. The zero-order chi connectivity index (χ0) is 53.8. The Morgan fingerprint density at radius 3 is 1.76 bits per heavy atom. The number of carbonyl (C=O) groups is 4. The predicted molar refractivity (Wildman–Crippen MR) is 289 cm³/mol. The van der Waals surface area contributed by atoms with Gasteiger partial charge < -0.3 is 37.3 Å². The molecule has 0 spiro atoms. The van der Waals surface area contributed by atoms with E-state index in [9.17, 15) is 29.7 Å². The van der Waals surface area contributed by atoms with Crippen molar-refractivity contribution in [2.24, 2.45) is 34.0 Å². The Labute approximate surface area is 443 Å².